The van der Waals surface area contributed by atoms with E-state index in [-0.39, 0.29) is 5.41 Å². The van der Waals surface area contributed by atoms with Gasteiger partial charge in [-0.25, -0.2) is 0 Å². The Morgan fingerprint density at radius 2 is 1.90 bits per heavy atom. The monoisotopic (exact) mass is 137 g/mol. The van der Waals surface area contributed by atoms with E-state index in [0.29, 0.717) is 0 Å². The zero-order valence-electron chi connectivity index (χ0n) is 7.15. The van der Waals surface area contributed by atoms with Crippen molar-refractivity contribution in [1.29, 1.82) is 0 Å². The Labute approximate surface area is 62.5 Å². The average Bonchev–Trinajstić information content (AvgIpc) is 2.11. The van der Waals surface area contributed by atoms with Crippen molar-refractivity contribution >= 4 is 0 Å². The Bertz CT molecular complexity index is 215. The number of hydrogen-bond acceptors (Lipinski definition) is 0. The molecule has 1 rings (SSSR count). The Balaban J connectivity index is 3.05. The van der Waals surface area contributed by atoms with Crippen LogP contribution in [-0.4, -0.2) is 4.98 Å². The predicted octanol–water partition coefficient (Wildman–Crippen LogP) is 2.62. The van der Waals surface area contributed by atoms with Gasteiger partial charge in [-0.2, -0.15) is 0 Å². The lowest BCUT2D eigenvalue weighted by molar-refractivity contribution is 0.587. The molecule has 0 radical (unpaired) electrons. The van der Waals surface area contributed by atoms with Crippen LogP contribution < -0.4 is 0 Å². The lowest BCUT2D eigenvalue weighted by Crippen LogP contribution is -2.11. The molecule has 0 aromatic carbocycles. The maximum Gasteiger partial charge on any atom is 0.0153 e. The number of aromatic amines is 1. The highest BCUT2D eigenvalue weighted by Gasteiger charge is 2.15. The molecule has 1 N–H and O–H groups in total. The molecule has 0 spiro atoms. The number of hydrogen-bond donors (Lipinski definition) is 1. The second kappa shape index (κ2) is 2.15. The van der Waals surface area contributed by atoms with E-state index in [1.807, 2.05) is 6.20 Å². The third-order valence-electron chi connectivity index (χ3n) is 1.76. The van der Waals surface area contributed by atoms with Crippen LogP contribution in [0.4, 0.5) is 0 Å². The Morgan fingerprint density at radius 1 is 1.30 bits per heavy atom. The summed E-state index contributed by atoms with van der Waals surface area (Å²) in [6, 6.07) is 2.15. The lowest BCUT2D eigenvalue weighted by atomic mass is 9.87. The largest absolute Gasteiger partial charge is 0.365 e. The normalized spacial score (nSPS) is 12.0. The van der Waals surface area contributed by atoms with Crippen LogP contribution in [0, 0.1) is 6.92 Å². The highest BCUT2D eigenvalue weighted by Crippen LogP contribution is 2.23. The van der Waals surface area contributed by atoms with Crippen LogP contribution >= 0.6 is 0 Å². The van der Waals surface area contributed by atoms with E-state index in [2.05, 4.69) is 38.7 Å². The third kappa shape index (κ3) is 1.23. The molecule has 1 heterocycles. The van der Waals surface area contributed by atoms with Crippen molar-refractivity contribution in [3.63, 3.8) is 0 Å². The van der Waals surface area contributed by atoms with E-state index in [1.165, 1.54) is 11.3 Å². The second-order valence-corrected chi connectivity index (χ2v) is 3.77. The van der Waals surface area contributed by atoms with Gasteiger partial charge in [0.2, 0.25) is 0 Å². The SMILES string of the molecule is Cc1[nH]ccc1C(C)(C)C. The number of rotatable bonds is 0. The summed E-state index contributed by atoms with van der Waals surface area (Å²) >= 11 is 0. The molecular weight excluding hydrogens is 122 g/mol. The van der Waals surface area contributed by atoms with Crippen molar-refractivity contribution in [2.24, 2.45) is 0 Å². The van der Waals surface area contributed by atoms with Crippen LogP contribution in [-0.2, 0) is 5.41 Å². The molecule has 0 aliphatic heterocycles. The van der Waals surface area contributed by atoms with E-state index < -0.39 is 0 Å². The van der Waals surface area contributed by atoms with Gasteiger partial charge in [-0.1, -0.05) is 20.8 Å². The summed E-state index contributed by atoms with van der Waals surface area (Å²) in [5, 5.41) is 0. The highest BCUT2D eigenvalue weighted by atomic mass is 14.7. The highest BCUT2D eigenvalue weighted by molar-refractivity contribution is 5.26. The van der Waals surface area contributed by atoms with Crippen LogP contribution in [0.1, 0.15) is 32.0 Å². The van der Waals surface area contributed by atoms with Gasteiger partial charge in [0.25, 0.3) is 0 Å². The molecule has 1 aromatic heterocycles. The first-order valence-electron chi connectivity index (χ1n) is 3.66. The fraction of sp³-hybridized carbons (Fsp3) is 0.556. The zero-order valence-corrected chi connectivity index (χ0v) is 7.15. The summed E-state index contributed by atoms with van der Waals surface area (Å²) in [5.41, 5.74) is 2.98. The smallest absolute Gasteiger partial charge is 0.0153 e. The summed E-state index contributed by atoms with van der Waals surface area (Å²) < 4.78 is 0. The molecule has 0 unspecified atom stereocenters. The van der Waals surface area contributed by atoms with Crippen LogP contribution in [0.15, 0.2) is 12.3 Å². The van der Waals surface area contributed by atoms with Crippen LogP contribution in [0.5, 0.6) is 0 Å². The second-order valence-electron chi connectivity index (χ2n) is 3.77. The van der Waals surface area contributed by atoms with Gasteiger partial charge in [0, 0.05) is 11.9 Å². The summed E-state index contributed by atoms with van der Waals surface area (Å²) in [5.74, 6) is 0. The minimum Gasteiger partial charge on any atom is -0.365 e. The summed E-state index contributed by atoms with van der Waals surface area (Å²) in [4.78, 5) is 3.18. The minimum absolute atomic E-state index is 0.282. The summed E-state index contributed by atoms with van der Waals surface area (Å²) in [6.45, 7) is 8.79. The molecule has 10 heavy (non-hydrogen) atoms. The number of aromatic nitrogens is 1. The maximum absolute atomic E-state index is 3.18. The summed E-state index contributed by atoms with van der Waals surface area (Å²) in [7, 11) is 0. The van der Waals surface area contributed by atoms with Gasteiger partial charge in [0.1, 0.15) is 0 Å². The third-order valence-corrected chi connectivity index (χ3v) is 1.76. The molecular formula is C9H15N. The van der Waals surface area contributed by atoms with Crippen molar-refractivity contribution < 1.29 is 0 Å². The standard InChI is InChI=1S/C9H15N/c1-7-8(5-6-10-7)9(2,3)4/h5-6,10H,1-4H3. The van der Waals surface area contributed by atoms with Gasteiger partial charge in [-0.05, 0) is 24.0 Å². The fourth-order valence-electron chi connectivity index (χ4n) is 1.27. The van der Waals surface area contributed by atoms with E-state index in [1.54, 1.807) is 0 Å². The molecule has 0 atom stereocenters. The average molecular weight is 137 g/mol. The molecule has 56 valence electrons. The van der Waals surface area contributed by atoms with Crippen LogP contribution in [0.3, 0.4) is 0 Å². The topological polar surface area (TPSA) is 15.8 Å². The maximum atomic E-state index is 3.18. The Hall–Kier alpha value is -0.720. The van der Waals surface area contributed by atoms with Gasteiger partial charge in [0.15, 0.2) is 0 Å². The van der Waals surface area contributed by atoms with E-state index in [9.17, 15) is 0 Å². The van der Waals surface area contributed by atoms with Crippen LogP contribution in [0.25, 0.3) is 0 Å². The van der Waals surface area contributed by atoms with Crippen molar-refractivity contribution in [3.8, 4) is 0 Å². The molecule has 0 aliphatic rings. The van der Waals surface area contributed by atoms with Gasteiger partial charge < -0.3 is 4.98 Å². The first-order chi connectivity index (χ1) is 4.52. The molecule has 1 heteroatoms. The first kappa shape index (κ1) is 7.39. The number of H-pyrrole nitrogens is 1. The number of nitrogens with one attached hydrogen (secondary N) is 1. The van der Waals surface area contributed by atoms with Crippen molar-refractivity contribution in [3.05, 3.63) is 23.5 Å². The molecule has 0 fully saturated rings. The molecule has 1 nitrogen and oxygen atoms in total. The quantitative estimate of drug-likeness (QED) is 0.565. The zero-order chi connectivity index (χ0) is 7.78. The molecule has 1 aromatic rings. The Morgan fingerprint density at radius 3 is 2.10 bits per heavy atom. The van der Waals surface area contributed by atoms with Crippen LogP contribution in [0.2, 0.25) is 0 Å². The van der Waals surface area contributed by atoms with Gasteiger partial charge in [-0.15, -0.1) is 0 Å². The van der Waals surface area contributed by atoms with Gasteiger partial charge in [0.05, 0.1) is 0 Å². The van der Waals surface area contributed by atoms with Gasteiger partial charge in [-0.3, -0.25) is 0 Å². The molecule has 0 saturated carbocycles. The van der Waals surface area contributed by atoms with Gasteiger partial charge >= 0.3 is 0 Å². The molecule has 0 saturated heterocycles. The predicted molar refractivity (Wildman–Crippen MR) is 44.2 cm³/mol. The van der Waals surface area contributed by atoms with Crippen molar-refractivity contribution in [1.82, 2.24) is 4.98 Å². The van der Waals surface area contributed by atoms with E-state index in [0.717, 1.165) is 0 Å². The van der Waals surface area contributed by atoms with Crippen molar-refractivity contribution in [2.45, 2.75) is 33.1 Å². The molecule has 0 bridgehead atoms. The molecule has 0 amide bonds. The Kier molecular flexibility index (Phi) is 1.59. The fourth-order valence-corrected chi connectivity index (χ4v) is 1.27. The van der Waals surface area contributed by atoms with E-state index in [4.69, 9.17) is 0 Å². The molecule has 0 aliphatic carbocycles. The first-order valence-corrected chi connectivity index (χ1v) is 3.66. The lowest BCUT2D eigenvalue weighted by Gasteiger charge is -2.17. The van der Waals surface area contributed by atoms with Crippen molar-refractivity contribution in [2.75, 3.05) is 0 Å². The summed E-state index contributed by atoms with van der Waals surface area (Å²) in [6.07, 6.45) is 2.00. The minimum atomic E-state index is 0.282. The van der Waals surface area contributed by atoms with E-state index >= 15 is 0 Å². The number of aryl methyl sites for hydroxylation is 1.